The highest BCUT2D eigenvalue weighted by atomic mass is 15.1. The molecular formula is C16H17N. The number of para-hydroxylation sites is 1. The van der Waals surface area contributed by atoms with Gasteiger partial charge in [-0.25, -0.2) is 0 Å². The van der Waals surface area contributed by atoms with Gasteiger partial charge in [-0.15, -0.1) is 0 Å². The minimum atomic E-state index is 1.16. The molecule has 0 aromatic heterocycles. The number of nitrogens with zero attached hydrogens (tertiary/aromatic N) is 1. The highest BCUT2D eigenvalue weighted by Gasteiger charge is 2.17. The van der Waals surface area contributed by atoms with Crippen LogP contribution in [0.15, 0.2) is 48.5 Å². The molecule has 0 spiro atoms. The van der Waals surface area contributed by atoms with E-state index < -0.39 is 0 Å². The maximum atomic E-state index is 2.39. The van der Waals surface area contributed by atoms with Crippen LogP contribution in [0, 0.1) is 0 Å². The van der Waals surface area contributed by atoms with Gasteiger partial charge in [0.25, 0.3) is 0 Å². The van der Waals surface area contributed by atoms with Gasteiger partial charge in [0.2, 0.25) is 0 Å². The van der Waals surface area contributed by atoms with Gasteiger partial charge >= 0.3 is 0 Å². The zero-order valence-electron chi connectivity index (χ0n) is 10.2. The number of anilines is 1. The lowest BCUT2D eigenvalue weighted by atomic mass is 9.94. The Kier molecular flexibility index (Phi) is 2.60. The van der Waals surface area contributed by atoms with Crippen LogP contribution < -0.4 is 4.90 Å². The fraction of sp³-hybridized carbons (Fsp3) is 0.250. The molecular weight excluding hydrogens is 206 g/mol. The number of aryl methyl sites for hydroxylation is 1. The Morgan fingerprint density at radius 3 is 2.59 bits per heavy atom. The van der Waals surface area contributed by atoms with Gasteiger partial charge in [0.15, 0.2) is 0 Å². The Balaban J connectivity index is 2.18. The highest BCUT2D eigenvalue weighted by molar-refractivity contribution is 5.81. The fourth-order valence-corrected chi connectivity index (χ4v) is 2.71. The lowest BCUT2D eigenvalue weighted by molar-refractivity contribution is 0.745. The maximum absolute atomic E-state index is 2.39. The SMILES string of the molecule is CN1CCCc2cccc(-c3ccccc3)c21. The number of fused-ring (bicyclic) bond motifs is 1. The van der Waals surface area contributed by atoms with Crippen LogP contribution in [0.2, 0.25) is 0 Å². The average molecular weight is 223 g/mol. The van der Waals surface area contributed by atoms with Crippen LogP contribution in [-0.2, 0) is 6.42 Å². The van der Waals surface area contributed by atoms with Gasteiger partial charge in [0.05, 0.1) is 0 Å². The molecule has 0 saturated heterocycles. The van der Waals surface area contributed by atoms with Crippen LogP contribution in [0.3, 0.4) is 0 Å². The van der Waals surface area contributed by atoms with Gasteiger partial charge < -0.3 is 4.90 Å². The fourth-order valence-electron chi connectivity index (χ4n) is 2.71. The number of hydrogen-bond acceptors (Lipinski definition) is 1. The van der Waals surface area contributed by atoms with Crippen molar-refractivity contribution in [2.45, 2.75) is 12.8 Å². The molecule has 0 fully saturated rings. The summed E-state index contributed by atoms with van der Waals surface area (Å²) < 4.78 is 0. The first-order chi connectivity index (χ1) is 8.36. The van der Waals surface area contributed by atoms with Crippen LogP contribution in [0.1, 0.15) is 12.0 Å². The van der Waals surface area contributed by atoms with E-state index in [2.05, 4.69) is 60.5 Å². The van der Waals surface area contributed by atoms with Crippen LogP contribution in [-0.4, -0.2) is 13.6 Å². The van der Waals surface area contributed by atoms with Crippen LogP contribution >= 0.6 is 0 Å². The first-order valence-electron chi connectivity index (χ1n) is 6.25. The minimum absolute atomic E-state index is 1.16. The lowest BCUT2D eigenvalue weighted by Gasteiger charge is -2.30. The number of benzene rings is 2. The molecule has 2 aromatic carbocycles. The van der Waals surface area contributed by atoms with Crippen molar-refractivity contribution >= 4 is 5.69 Å². The van der Waals surface area contributed by atoms with Crippen molar-refractivity contribution in [3.63, 3.8) is 0 Å². The Labute approximate surface area is 103 Å². The Bertz CT molecular complexity index is 516. The van der Waals surface area contributed by atoms with Gasteiger partial charge in [-0.3, -0.25) is 0 Å². The Morgan fingerprint density at radius 1 is 0.941 bits per heavy atom. The van der Waals surface area contributed by atoms with Crippen LogP contribution in [0.5, 0.6) is 0 Å². The van der Waals surface area contributed by atoms with Crippen molar-refractivity contribution in [1.82, 2.24) is 0 Å². The molecule has 0 atom stereocenters. The maximum Gasteiger partial charge on any atom is 0.0475 e. The van der Waals surface area contributed by atoms with Crippen molar-refractivity contribution in [3.05, 3.63) is 54.1 Å². The predicted molar refractivity (Wildman–Crippen MR) is 73.5 cm³/mol. The molecule has 0 saturated carbocycles. The van der Waals surface area contributed by atoms with Crippen molar-refractivity contribution in [1.29, 1.82) is 0 Å². The summed E-state index contributed by atoms with van der Waals surface area (Å²) in [6.45, 7) is 1.16. The normalized spacial score (nSPS) is 14.5. The van der Waals surface area contributed by atoms with E-state index in [-0.39, 0.29) is 0 Å². The summed E-state index contributed by atoms with van der Waals surface area (Å²) in [5.74, 6) is 0. The van der Waals surface area contributed by atoms with Crippen molar-refractivity contribution in [2.75, 3.05) is 18.5 Å². The monoisotopic (exact) mass is 223 g/mol. The zero-order valence-corrected chi connectivity index (χ0v) is 10.2. The lowest BCUT2D eigenvalue weighted by Crippen LogP contribution is -2.25. The molecule has 1 heteroatoms. The molecule has 0 N–H and O–H groups in total. The molecule has 3 rings (SSSR count). The van der Waals surface area contributed by atoms with E-state index in [0.717, 1.165) is 6.54 Å². The molecule has 2 aromatic rings. The highest BCUT2D eigenvalue weighted by Crippen LogP contribution is 2.36. The molecule has 1 heterocycles. The summed E-state index contributed by atoms with van der Waals surface area (Å²) in [6.07, 6.45) is 2.47. The topological polar surface area (TPSA) is 3.24 Å². The molecule has 0 unspecified atom stereocenters. The van der Waals surface area contributed by atoms with Gasteiger partial charge in [-0.2, -0.15) is 0 Å². The zero-order chi connectivity index (χ0) is 11.7. The van der Waals surface area contributed by atoms with E-state index in [9.17, 15) is 0 Å². The summed E-state index contributed by atoms with van der Waals surface area (Å²) >= 11 is 0. The average Bonchev–Trinajstić information content (AvgIpc) is 2.39. The van der Waals surface area contributed by atoms with Gasteiger partial charge in [-0.05, 0) is 24.0 Å². The Morgan fingerprint density at radius 2 is 1.76 bits per heavy atom. The molecule has 1 aliphatic rings. The molecule has 1 aliphatic heterocycles. The van der Waals surface area contributed by atoms with E-state index in [0.29, 0.717) is 0 Å². The molecule has 17 heavy (non-hydrogen) atoms. The van der Waals surface area contributed by atoms with Crippen LogP contribution in [0.25, 0.3) is 11.1 Å². The van der Waals surface area contributed by atoms with E-state index in [4.69, 9.17) is 0 Å². The largest absolute Gasteiger partial charge is 0.374 e. The predicted octanol–water partition coefficient (Wildman–Crippen LogP) is 3.74. The van der Waals surface area contributed by atoms with E-state index in [1.807, 2.05) is 0 Å². The first kappa shape index (κ1) is 10.4. The van der Waals surface area contributed by atoms with Gasteiger partial charge in [0, 0.05) is 24.8 Å². The molecule has 0 aliphatic carbocycles. The van der Waals surface area contributed by atoms with Crippen molar-refractivity contribution in [3.8, 4) is 11.1 Å². The summed E-state index contributed by atoms with van der Waals surface area (Å²) in [5.41, 5.74) is 5.59. The third kappa shape index (κ3) is 1.82. The third-order valence-corrected chi connectivity index (χ3v) is 3.53. The molecule has 0 radical (unpaired) electrons. The van der Waals surface area contributed by atoms with Crippen molar-refractivity contribution < 1.29 is 0 Å². The summed E-state index contributed by atoms with van der Waals surface area (Å²) in [6, 6.07) is 17.3. The summed E-state index contributed by atoms with van der Waals surface area (Å²) in [5, 5.41) is 0. The molecule has 0 bridgehead atoms. The second-order valence-corrected chi connectivity index (χ2v) is 4.70. The van der Waals surface area contributed by atoms with Crippen molar-refractivity contribution in [2.24, 2.45) is 0 Å². The van der Waals surface area contributed by atoms with Crippen LogP contribution in [0.4, 0.5) is 5.69 Å². The first-order valence-corrected chi connectivity index (χ1v) is 6.25. The molecule has 1 nitrogen and oxygen atoms in total. The third-order valence-electron chi connectivity index (χ3n) is 3.53. The molecule has 0 amide bonds. The van der Waals surface area contributed by atoms with Gasteiger partial charge in [0.1, 0.15) is 0 Å². The standard InChI is InChI=1S/C16H17N/c1-17-12-6-10-14-9-5-11-15(16(14)17)13-7-3-2-4-8-13/h2-5,7-9,11H,6,10,12H2,1H3. The smallest absolute Gasteiger partial charge is 0.0475 e. The van der Waals surface area contributed by atoms with E-state index in [1.165, 1.54) is 35.2 Å². The minimum Gasteiger partial charge on any atom is -0.374 e. The summed E-state index contributed by atoms with van der Waals surface area (Å²) in [7, 11) is 2.20. The van der Waals surface area contributed by atoms with E-state index in [1.54, 1.807) is 0 Å². The second kappa shape index (κ2) is 4.25. The number of hydrogen-bond donors (Lipinski definition) is 0. The Hall–Kier alpha value is -1.76. The van der Waals surface area contributed by atoms with Gasteiger partial charge in [-0.1, -0.05) is 48.5 Å². The quantitative estimate of drug-likeness (QED) is 0.712. The second-order valence-electron chi connectivity index (χ2n) is 4.70. The van der Waals surface area contributed by atoms with E-state index >= 15 is 0 Å². The molecule has 86 valence electrons. The number of rotatable bonds is 1. The summed E-state index contributed by atoms with van der Waals surface area (Å²) in [4.78, 5) is 2.39.